The van der Waals surface area contributed by atoms with Crippen LogP contribution in [0.2, 0.25) is 5.02 Å². The zero-order valence-electron chi connectivity index (χ0n) is 21.0. The van der Waals surface area contributed by atoms with E-state index in [1.165, 1.54) is 0 Å². The molecule has 0 saturated carbocycles. The second kappa shape index (κ2) is 10.7. The molecule has 3 amide bonds. The van der Waals surface area contributed by atoms with Crippen LogP contribution in [-0.4, -0.2) is 57.1 Å². The van der Waals surface area contributed by atoms with Crippen molar-refractivity contribution in [2.75, 3.05) is 18.5 Å². The molecule has 0 aliphatic carbocycles. The highest BCUT2D eigenvalue weighted by Crippen LogP contribution is 2.54. The Balaban J connectivity index is 1.31. The average molecular weight is 610 g/mol. The first-order chi connectivity index (χ1) is 19.7. The van der Waals surface area contributed by atoms with Crippen LogP contribution >= 0.6 is 34.7 Å². The number of halogens is 1. The maximum atomic E-state index is 13.5. The van der Waals surface area contributed by atoms with E-state index < -0.39 is 47.3 Å². The van der Waals surface area contributed by atoms with Gasteiger partial charge in [0, 0.05) is 27.1 Å². The Morgan fingerprint density at radius 1 is 1.02 bits per heavy atom. The highest BCUT2D eigenvalue weighted by molar-refractivity contribution is 8.00. The van der Waals surface area contributed by atoms with Gasteiger partial charge in [-0.05, 0) is 41.1 Å². The number of fused-ring (bicyclic) bond motifs is 3. The molecule has 2 unspecified atom stereocenters. The highest BCUT2D eigenvalue weighted by Gasteiger charge is 2.56. The number of aliphatic carboxylic acids is 1. The van der Waals surface area contributed by atoms with Gasteiger partial charge in [-0.15, -0.1) is 0 Å². The van der Waals surface area contributed by atoms with Gasteiger partial charge in [0.15, 0.2) is 6.61 Å². The Bertz CT molecular complexity index is 1800. The lowest BCUT2D eigenvalue weighted by molar-refractivity contribution is -0.149. The number of nitrogens with zero attached hydrogens (tertiary/aromatic N) is 1. The number of aromatic amines is 1. The van der Waals surface area contributed by atoms with E-state index in [4.69, 9.17) is 16.3 Å². The van der Waals surface area contributed by atoms with Gasteiger partial charge in [-0.2, -0.15) is 0 Å². The third-order valence-electron chi connectivity index (χ3n) is 6.91. The number of carboxylic acid groups (broad SMARTS) is 1. The van der Waals surface area contributed by atoms with Crippen molar-refractivity contribution in [3.05, 3.63) is 85.8 Å². The van der Waals surface area contributed by atoms with Gasteiger partial charge >= 0.3 is 10.8 Å². The number of carbonyl (C=O) groups excluding carboxylic acids is 3. The van der Waals surface area contributed by atoms with Gasteiger partial charge in [0.1, 0.15) is 17.5 Å². The zero-order valence-corrected chi connectivity index (χ0v) is 23.3. The second-order valence-electron chi connectivity index (χ2n) is 9.49. The number of thioether (sulfide) groups is 1. The van der Waals surface area contributed by atoms with Crippen LogP contribution in [0.4, 0.5) is 5.69 Å². The summed E-state index contributed by atoms with van der Waals surface area (Å²) in [5.41, 5.74) is 0.997. The number of anilines is 1. The van der Waals surface area contributed by atoms with Crippen LogP contribution < -0.4 is 14.9 Å². The lowest BCUT2D eigenvalue weighted by atomic mass is 9.82. The molecular formula is C28H20ClN3O7S2. The van der Waals surface area contributed by atoms with E-state index >= 15 is 0 Å². The molecule has 0 bridgehead atoms. The van der Waals surface area contributed by atoms with Crippen LogP contribution in [0.25, 0.3) is 10.8 Å². The highest BCUT2D eigenvalue weighted by atomic mass is 35.5. The van der Waals surface area contributed by atoms with E-state index in [9.17, 15) is 29.1 Å². The molecule has 4 aromatic rings. The summed E-state index contributed by atoms with van der Waals surface area (Å²) in [5.74, 6) is -4.65. The molecule has 13 heteroatoms. The number of amides is 3. The first kappa shape index (κ1) is 27.1. The molecule has 1 saturated heterocycles. The third kappa shape index (κ3) is 5.09. The summed E-state index contributed by atoms with van der Waals surface area (Å²) in [6.07, 6.45) is 0. The largest absolute Gasteiger partial charge is 0.483 e. The number of carboxylic acids is 1. The Morgan fingerprint density at radius 3 is 2.59 bits per heavy atom. The lowest BCUT2D eigenvalue weighted by Crippen LogP contribution is -2.36. The minimum absolute atomic E-state index is 0.238. The lowest BCUT2D eigenvalue weighted by Gasteiger charge is -2.31. The van der Waals surface area contributed by atoms with Gasteiger partial charge in [0.2, 0.25) is 11.8 Å². The topological polar surface area (TPSA) is 146 Å². The number of ether oxygens (including phenoxy) is 1. The number of aromatic nitrogens is 1. The van der Waals surface area contributed by atoms with Crippen molar-refractivity contribution in [3.8, 4) is 5.75 Å². The zero-order chi connectivity index (χ0) is 28.8. The summed E-state index contributed by atoms with van der Waals surface area (Å²) in [7, 11) is 0. The molecule has 1 aromatic heterocycles. The molecule has 3 aromatic carbocycles. The first-order valence-electron chi connectivity index (χ1n) is 12.4. The van der Waals surface area contributed by atoms with Crippen molar-refractivity contribution in [2.45, 2.75) is 16.2 Å². The molecule has 3 N–H and O–H groups in total. The smallest absolute Gasteiger partial charge is 0.323 e. The number of thiazole rings is 1. The minimum Gasteiger partial charge on any atom is -0.483 e. The van der Waals surface area contributed by atoms with Gasteiger partial charge in [-0.25, -0.2) is 0 Å². The molecule has 6 rings (SSSR count). The molecule has 2 aliphatic heterocycles. The Hall–Kier alpha value is -4.13. The van der Waals surface area contributed by atoms with E-state index in [0.717, 1.165) is 38.8 Å². The summed E-state index contributed by atoms with van der Waals surface area (Å²) < 4.78 is 5.93. The van der Waals surface area contributed by atoms with E-state index in [-0.39, 0.29) is 17.2 Å². The predicted molar refractivity (Wildman–Crippen MR) is 154 cm³/mol. The number of likely N-dealkylation sites (tertiary alicyclic amines) is 1. The van der Waals surface area contributed by atoms with Crippen molar-refractivity contribution >= 4 is 74.9 Å². The van der Waals surface area contributed by atoms with Crippen LogP contribution in [0.3, 0.4) is 0 Å². The van der Waals surface area contributed by atoms with Crippen molar-refractivity contribution in [1.82, 2.24) is 9.88 Å². The van der Waals surface area contributed by atoms with E-state index in [2.05, 4.69) is 10.3 Å². The number of nitrogens with one attached hydrogen (secondary N) is 2. The summed E-state index contributed by atoms with van der Waals surface area (Å²) in [6, 6.07) is 18.0. The Morgan fingerprint density at radius 2 is 1.80 bits per heavy atom. The van der Waals surface area contributed by atoms with Crippen LogP contribution in [0.1, 0.15) is 16.4 Å². The Labute approximate surface area is 245 Å². The van der Waals surface area contributed by atoms with Crippen LogP contribution in [0, 0.1) is 5.92 Å². The van der Waals surface area contributed by atoms with Crippen LogP contribution in [0.5, 0.6) is 5.75 Å². The summed E-state index contributed by atoms with van der Waals surface area (Å²) in [4.78, 5) is 66.7. The maximum Gasteiger partial charge on any atom is 0.323 e. The fourth-order valence-electron chi connectivity index (χ4n) is 5.20. The number of H-pyrrole nitrogens is 1. The normalized spacial score (nSPS) is 19.6. The molecule has 10 nitrogen and oxygen atoms in total. The van der Waals surface area contributed by atoms with Gasteiger partial charge in [0.05, 0.1) is 10.9 Å². The number of imide groups is 1. The molecule has 1 fully saturated rings. The van der Waals surface area contributed by atoms with Gasteiger partial charge in [-0.3, -0.25) is 28.9 Å². The fraction of sp³-hybridized carbons (Fsp3) is 0.179. The molecule has 41 heavy (non-hydrogen) atoms. The summed E-state index contributed by atoms with van der Waals surface area (Å²) >= 11 is 8.27. The summed E-state index contributed by atoms with van der Waals surface area (Å²) in [6.45, 7) is -1.14. The number of benzene rings is 3. The number of hydrogen-bond donors (Lipinski definition) is 3. The van der Waals surface area contributed by atoms with Crippen molar-refractivity contribution in [3.63, 3.8) is 0 Å². The minimum atomic E-state index is -1.32. The first-order valence-corrected chi connectivity index (χ1v) is 14.4. The molecular weight excluding hydrogens is 590 g/mol. The Kier molecular flexibility index (Phi) is 7.06. The van der Waals surface area contributed by atoms with E-state index in [1.807, 2.05) is 36.4 Å². The van der Waals surface area contributed by atoms with Gasteiger partial charge in [0.25, 0.3) is 5.91 Å². The average Bonchev–Trinajstić information content (AvgIpc) is 3.42. The van der Waals surface area contributed by atoms with Crippen molar-refractivity contribution in [2.24, 2.45) is 5.92 Å². The molecule has 3 heterocycles. The molecule has 0 radical (unpaired) electrons. The van der Waals surface area contributed by atoms with Gasteiger partial charge in [-0.1, -0.05) is 65.0 Å². The monoisotopic (exact) mass is 609 g/mol. The molecule has 3 atom stereocenters. The quantitative estimate of drug-likeness (QED) is 0.267. The van der Waals surface area contributed by atoms with E-state index in [1.54, 1.807) is 24.3 Å². The molecule has 208 valence electrons. The predicted octanol–water partition coefficient (Wildman–Crippen LogP) is 3.94. The fourth-order valence-corrected chi connectivity index (χ4v) is 7.91. The molecule has 0 spiro atoms. The van der Waals surface area contributed by atoms with Crippen LogP contribution in [-0.2, 0) is 19.2 Å². The SMILES string of the molecule is O=C(O)CN1C(=O)C2Sc3[nH]c(=O)sc3[C@@H](c3cc(Cl)ccc3OCC(=O)Nc3ccc4ccccc4c3)C2C1=O. The van der Waals surface area contributed by atoms with Gasteiger partial charge < -0.3 is 20.1 Å². The standard InChI is InChI=1S/C28H20ClN3O7S2/c29-15-6-8-18(39-12-19(33)30-16-7-5-13-3-1-2-4-14(13)9-16)17(10-15)21-22-24(40-25-23(21)41-28(38)31-25)27(37)32(26(22)36)11-20(34)35/h1-10,21-22,24H,11-12H2,(H,30,33)(H,31,38)(H,34,35)/t21-,22?,24?/m0/s1. The number of rotatable bonds is 7. The second-order valence-corrected chi connectivity index (χ2v) is 12.1. The van der Waals surface area contributed by atoms with Crippen molar-refractivity contribution < 1.29 is 29.0 Å². The number of carbonyl (C=O) groups is 4. The molecule has 2 aliphatic rings. The number of hydrogen-bond acceptors (Lipinski definition) is 8. The summed E-state index contributed by atoms with van der Waals surface area (Å²) in [5, 5.41) is 13.9. The maximum absolute atomic E-state index is 13.5. The van der Waals surface area contributed by atoms with Crippen LogP contribution in [0.15, 0.2) is 70.5 Å². The van der Waals surface area contributed by atoms with Crippen molar-refractivity contribution in [1.29, 1.82) is 0 Å². The third-order valence-corrected chi connectivity index (χ3v) is 9.54. The van der Waals surface area contributed by atoms with E-state index in [0.29, 0.717) is 26.2 Å².